The Morgan fingerprint density at radius 2 is 1.83 bits per heavy atom. The van der Waals surface area contributed by atoms with Crippen molar-refractivity contribution in [3.63, 3.8) is 0 Å². The van der Waals surface area contributed by atoms with E-state index in [1.807, 2.05) is 31.2 Å². The number of hydrogen-bond acceptors (Lipinski definition) is 4. The van der Waals surface area contributed by atoms with Crippen LogP contribution < -0.4 is 0 Å². The average molecular weight is 332 g/mol. The molecule has 1 aromatic rings. The van der Waals surface area contributed by atoms with Crippen LogP contribution in [0, 0.1) is 34.8 Å². The highest BCUT2D eigenvalue weighted by atomic mass is 32.2. The first-order valence-electron chi connectivity index (χ1n) is 8.01. The Labute approximate surface area is 142 Å². The molecule has 0 spiro atoms. The van der Waals surface area contributed by atoms with Gasteiger partial charge in [0.15, 0.2) is 0 Å². The van der Waals surface area contributed by atoms with E-state index in [1.165, 1.54) is 17.3 Å². The number of nitrogens with zero attached hydrogens (tertiary/aromatic N) is 2. The minimum Gasteiger partial charge on any atom is -0.358 e. The van der Waals surface area contributed by atoms with E-state index in [-0.39, 0.29) is 22.6 Å². The van der Waals surface area contributed by atoms with E-state index in [4.69, 9.17) is 0 Å². The number of hydrogen-bond donors (Lipinski definition) is 0. The van der Waals surface area contributed by atoms with Gasteiger partial charge in [-0.2, -0.15) is 0 Å². The number of allylic oxidation sites excluding steroid dienone is 1. The van der Waals surface area contributed by atoms with Crippen LogP contribution in [0.5, 0.6) is 0 Å². The number of aryl methyl sites for hydroxylation is 1. The molecule has 0 N–H and O–H groups in total. The SMILES string of the molecule is Cc1ccc(SC2=C([N+](=O)[O-])N=C(C(C)C)C2CC(C)C)cc1. The summed E-state index contributed by atoms with van der Waals surface area (Å²) in [5.74, 6) is 0.764. The zero-order valence-electron chi connectivity index (χ0n) is 14.4. The third-order valence-corrected chi connectivity index (χ3v) is 5.04. The molecule has 1 aliphatic heterocycles. The molecule has 0 saturated heterocycles. The Kier molecular flexibility index (Phi) is 5.63. The summed E-state index contributed by atoms with van der Waals surface area (Å²) in [6.07, 6.45) is 0.891. The first-order valence-corrected chi connectivity index (χ1v) is 8.82. The topological polar surface area (TPSA) is 55.5 Å². The summed E-state index contributed by atoms with van der Waals surface area (Å²) in [4.78, 5) is 17.4. The van der Waals surface area contributed by atoms with Gasteiger partial charge >= 0.3 is 5.82 Å². The molecule has 1 heterocycles. The van der Waals surface area contributed by atoms with Gasteiger partial charge in [-0.05, 0) is 41.3 Å². The van der Waals surface area contributed by atoms with Crippen molar-refractivity contribution in [3.05, 3.63) is 50.7 Å². The summed E-state index contributed by atoms with van der Waals surface area (Å²) < 4.78 is 0. The van der Waals surface area contributed by atoms with Gasteiger partial charge in [-0.3, -0.25) is 0 Å². The van der Waals surface area contributed by atoms with Crippen LogP contribution >= 0.6 is 11.8 Å². The van der Waals surface area contributed by atoms with E-state index in [0.29, 0.717) is 5.92 Å². The molecule has 124 valence electrons. The van der Waals surface area contributed by atoms with E-state index in [0.717, 1.165) is 21.9 Å². The lowest BCUT2D eigenvalue weighted by Crippen LogP contribution is -2.19. The summed E-state index contributed by atoms with van der Waals surface area (Å²) in [5, 5.41) is 11.5. The molecular formula is C18H24N2O2S. The second-order valence-electron chi connectivity index (χ2n) is 6.73. The van der Waals surface area contributed by atoms with Gasteiger partial charge in [0.05, 0.1) is 10.8 Å². The molecule has 0 saturated carbocycles. The first kappa shape index (κ1) is 17.7. The number of aliphatic imine (C=N–C) groups is 1. The van der Waals surface area contributed by atoms with Crippen molar-refractivity contribution in [1.82, 2.24) is 0 Å². The zero-order valence-corrected chi connectivity index (χ0v) is 15.2. The molecule has 1 aromatic carbocycles. The van der Waals surface area contributed by atoms with Gasteiger partial charge in [0.1, 0.15) is 5.71 Å². The highest BCUT2D eigenvalue weighted by Crippen LogP contribution is 2.43. The molecule has 4 nitrogen and oxygen atoms in total. The molecule has 0 bridgehead atoms. The van der Waals surface area contributed by atoms with Crippen molar-refractivity contribution in [2.75, 3.05) is 0 Å². The zero-order chi connectivity index (χ0) is 17.1. The van der Waals surface area contributed by atoms with Crippen molar-refractivity contribution in [2.45, 2.75) is 45.9 Å². The van der Waals surface area contributed by atoms with Crippen molar-refractivity contribution in [3.8, 4) is 0 Å². The van der Waals surface area contributed by atoms with E-state index < -0.39 is 0 Å². The molecule has 1 atom stereocenters. The first-order chi connectivity index (χ1) is 10.8. The van der Waals surface area contributed by atoms with Crippen molar-refractivity contribution in [1.29, 1.82) is 0 Å². The van der Waals surface area contributed by atoms with Crippen LogP contribution in [-0.2, 0) is 0 Å². The summed E-state index contributed by atoms with van der Waals surface area (Å²) >= 11 is 1.49. The summed E-state index contributed by atoms with van der Waals surface area (Å²) in [6.45, 7) is 10.5. The average Bonchev–Trinajstić information content (AvgIpc) is 2.80. The van der Waals surface area contributed by atoms with Crippen LogP contribution in [0.25, 0.3) is 0 Å². The molecule has 1 aliphatic rings. The second-order valence-corrected chi connectivity index (χ2v) is 7.85. The third kappa shape index (κ3) is 4.22. The van der Waals surface area contributed by atoms with Crippen LogP contribution in [0.4, 0.5) is 0 Å². The summed E-state index contributed by atoms with van der Waals surface area (Å²) in [6, 6.07) is 8.10. The van der Waals surface area contributed by atoms with Gasteiger partial charge in [-0.1, -0.05) is 57.2 Å². The molecule has 23 heavy (non-hydrogen) atoms. The standard InChI is InChI=1S/C18H24N2O2S/c1-11(2)10-15-16(12(3)4)19-18(20(21)22)17(15)23-14-8-6-13(5)7-9-14/h6-9,11-12,15H,10H2,1-5H3. The van der Waals surface area contributed by atoms with Gasteiger partial charge in [0.25, 0.3) is 0 Å². The smallest absolute Gasteiger partial charge is 0.358 e. The summed E-state index contributed by atoms with van der Waals surface area (Å²) in [7, 11) is 0. The van der Waals surface area contributed by atoms with Gasteiger partial charge in [-0.25, -0.2) is 0 Å². The number of benzene rings is 1. The van der Waals surface area contributed by atoms with Crippen LogP contribution in [0.3, 0.4) is 0 Å². The Balaban J connectivity index is 2.39. The predicted molar refractivity (Wildman–Crippen MR) is 96.3 cm³/mol. The molecule has 5 heteroatoms. The fourth-order valence-electron chi connectivity index (χ4n) is 2.76. The molecule has 0 aromatic heterocycles. The Hall–Kier alpha value is -1.62. The highest BCUT2D eigenvalue weighted by molar-refractivity contribution is 8.03. The molecule has 2 rings (SSSR count). The molecule has 1 unspecified atom stereocenters. The fourth-order valence-corrected chi connectivity index (χ4v) is 3.85. The number of nitro groups is 1. The number of thioether (sulfide) groups is 1. The van der Waals surface area contributed by atoms with Crippen molar-refractivity contribution >= 4 is 17.5 Å². The van der Waals surface area contributed by atoms with Gasteiger partial charge in [-0.15, -0.1) is 0 Å². The lowest BCUT2D eigenvalue weighted by molar-refractivity contribution is -0.426. The second kappa shape index (κ2) is 7.30. The molecule has 0 amide bonds. The molecule has 0 radical (unpaired) electrons. The van der Waals surface area contributed by atoms with E-state index in [9.17, 15) is 10.1 Å². The van der Waals surface area contributed by atoms with Gasteiger partial charge in [0, 0.05) is 10.8 Å². The lowest BCUT2D eigenvalue weighted by Gasteiger charge is -2.18. The summed E-state index contributed by atoms with van der Waals surface area (Å²) in [5.41, 5.74) is 2.13. The fraction of sp³-hybridized carbons (Fsp3) is 0.500. The van der Waals surface area contributed by atoms with Crippen LogP contribution in [0.1, 0.15) is 39.7 Å². The van der Waals surface area contributed by atoms with Gasteiger partial charge in [0.2, 0.25) is 0 Å². The predicted octanol–water partition coefficient (Wildman–Crippen LogP) is 5.31. The lowest BCUT2D eigenvalue weighted by atomic mass is 9.88. The highest BCUT2D eigenvalue weighted by Gasteiger charge is 2.40. The Morgan fingerprint density at radius 3 is 2.30 bits per heavy atom. The largest absolute Gasteiger partial charge is 0.374 e. The van der Waals surface area contributed by atoms with Crippen LogP contribution in [-0.4, -0.2) is 10.6 Å². The molecule has 0 aliphatic carbocycles. The Morgan fingerprint density at radius 1 is 1.22 bits per heavy atom. The monoisotopic (exact) mass is 332 g/mol. The quantitative estimate of drug-likeness (QED) is 0.524. The minimum atomic E-state index is -0.334. The van der Waals surface area contributed by atoms with E-state index >= 15 is 0 Å². The van der Waals surface area contributed by atoms with E-state index in [1.54, 1.807) is 0 Å². The van der Waals surface area contributed by atoms with Gasteiger partial charge < -0.3 is 10.1 Å². The molecular weight excluding hydrogens is 308 g/mol. The minimum absolute atomic E-state index is 0.0323. The Bertz CT molecular complexity index is 645. The maximum absolute atomic E-state index is 11.5. The normalized spacial score (nSPS) is 18.0. The van der Waals surface area contributed by atoms with Crippen molar-refractivity contribution < 1.29 is 4.92 Å². The van der Waals surface area contributed by atoms with Crippen LogP contribution in [0.2, 0.25) is 0 Å². The number of rotatable bonds is 6. The maximum Gasteiger partial charge on any atom is 0.374 e. The molecule has 0 fully saturated rings. The van der Waals surface area contributed by atoms with E-state index in [2.05, 4.69) is 32.7 Å². The van der Waals surface area contributed by atoms with Crippen LogP contribution in [0.15, 0.2) is 44.9 Å². The maximum atomic E-state index is 11.5. The third-order valence-electron chi connectivity index (χ3n) is 3.85. The van der Waals surface area contributed by atoms with Crippen molar-refractivity contribution in [2.24, 2.45) is 22.7 Å².